The summed E-state index contributed by atoms with van der Waals surface area (Å²) in [6, 6.07) is 0. The fraction of sp³-hybridized carbons (Fsp3) is 1.00. The van der Waals surface area contributed by atoms with Crippen molar-refractivity contribution in [3.63, 3.8) is 0 Å². The number of hydrogen-bond acceptors (Lipinski definition) is 4. The summed E-state index contributed by atoms with van der Waals surface area (Å²) in [6.07, 6.45) is 23.4. The van der Waals surface area contributed by atoms with Gasteiger partial charge in [0.1, 0.15) is 0 Å². The topological polar surface area (TPSA) is 77.4 Å². The van der Waals surface area contributed by atoms with E-state index in [1.54, 1.807) is 0 Å². The van der Waals surface area contributed by atoms with Crippen LogP contribution in [0.25, 0.3) is 0 Å². The molecular formula is C23H47NaO4S. The van der Waals surface area contributed by atoms with Crippen molar-refractivity contribution in [2.24, 2.45) is 0 Å². The minimum Gasteiger partial charge on any atom is -0.748 e. The van der Waals surface area contributed by atoms with E-state index in [2.05, 4.69) is 6.92 Å². The van der Waals surface area contributed by atoms with E-state index in [9.17, 15) is 18.1 Å². The molecule has 0 aromatic carbocycles. The Labute approximate surface area is 204 Å². The van der Waals surface area contributed by atoms with Crippen LogP contribution in [0.1, 0.15) is 135 Å². The van der Waals surface area contributed by atoms with Gasteiger partial charge in [-0.15, -0.1) is 0 Å². The van der Waals surface area contributed by atoms with Crippen LogP contribution in [0.4, 0.5) is 0 Å². The Bertz CT molecular complexity index is 415. The normalized spacial score (nSPS) is 12.7. The minimum absolute atomic E-state index is 0. The fourth-order valence-electron chi connectivity index (χ4n) is 3.73. The van der Waals surface area contributed by atoms with Crippen molar-refractivity contribution in [2.75, 3.05) is 5.75 Å². The van der Waals surface area contributed by atoms with Gasteiger partial charge in [0.2, 0.25) is 0 Å². The van der Waals surface area contributed by atoms with Gasteiger partial charge in [-0.3, -0.25) is 0 Å². The van der Waals surface area contributed by atoms with E-state index in [-0.39, 0.29) is 41.4 Å². The molecule has 0 aromatic rings. The van der Waals surface area contributed by atoms with Gasteiger partial charge in [0.15, 0.2) is 0 Å². The molecule has 0 spiro atoms. The predicted molar refractivity (Wildman–Crippen MR) is 119 cm³/mol. The van der Waals surface area contributed by atoms with Crippen LogP contribution in [0.3, 0.4) is 0 Å². The van der Waals surface area contributed by atoms with Crippen LogP contribution in [0, 0.1) is 0 Å². The van der Waals surface area contributed by atoms with E-state index in [0.29, 0.717) is 12.8 Å². The largest absolute Gasteiger partial charge is 1.00 e. The monoisotopic (exact) mass is 442 g/mol. The van der Waals surface area contributed by atoms with Gasteiger partial charge in [-0.1, -0.05) is 116 Å². The number of aliphatic hydroxyl groups is 1. The minimum atomic E-state index is -4.08. The summed E-state index contributed by atoms with van der Waals surface area (Å²) in [5, 5.41) is 9.93. The van der Waals surface area contributed by atoms with Gasteiger partial charge in [0.25, 0.3) is 0 Å². The molecule has 0 aliphatic heterocycles. The Kier molecular flexibility index (Phi) is 26.0. The average molecular weight is 443 g/mol. The second kappa shape index (κ2) is 23.5. The van der Waals surface area contributed by atoms with Crippen molar-refractivity contribution >= 4 is 10.1 Å². The molecular weight excluding hydrogens is 395 g/mol. The first kappa shape index (κ1) is 32.1. The van der Waals surface area contributed by atoms with Crippen molar-refractivity contribution in [3.8, 4) is 0 Å². The number of unbranched alkanes of at least 4 members (excludes halogenated alkanes) is 16. The van der Waals surface area contributed by atoms with Crippen molar-refractivity contribution < 1.29 is 47.6 Å². The zero-order valence-electron chi connectivity index (χ0n) is 19.5. The van der Waals surface area contributed by atoms with Crippen molar-refractivity contribution in [1.29, 1.82) is 0 Å². The van der Waals surface area contributed by atoms with Crippen LogP contribution in [0.15, 0.2) is 0 Å². The van der Waals surface area contributed by atoms with Crippen LogP contribution < -0.4 is 29.6 Å². The Balaban J connectivity index is 0. The average Bonchev–Trinajstić information content (AvgIpc) is 2.63. The van der Waals surface area contributed by atoms with Gasteiger partial charge >= 0.3 is 29.6 Å². The Morgan fingerprint density at radius 2 is 0.931 bits per heavy atom. The third-order valence-corrected chi connectivity index (χ3v) is 6.36. The van der Waals surface area contributed by atoms with E-state index in [1.807, 2.05) is 0 Å². The van der Waals surface area contributed by atoms with E-state index >= 15 is 0 Å². The fourth-order valence-corrected chi connectivity index (χ4v) is 4.29. The molecule has 0 fully saturated rings. The van der Waals surface area contributed by atoms with Gasteiger partial charge in [0.05, 0.1) is 16.2 Å². The molecule has 6 heteroatoms. The van der Waals surface area contributed by atoms with Crippen molar-refractivity contribution in [3.05, 3.63) is 0 Å². The number of aliphatic hydroxyl groups excluding tert-OH is 1. The van der Waals surface area contributed by atoms with Crippen molar-refractivity contribution in [2.45, 2.75) is 141 Å². The zero-order chi connectivity index (χ0) is 20.9. The SMILES string of the molecule is CCCCCCCCCCCCCCCCCC(O)CCCCCS(=O)(=O)[O-].[Na+]. The van der Waals surface area contributed by atoms with Crippen molar-refractivity contribution in [1.82, 2.24) is 0 Å². The molecule has 0 rings (SSSR count). The maximum Gasteiger partial charge on any atom is 1.00 e. The van der Waals surface area contributed by atoms with Crippen LogP contribution in [0.5, 0.6) is 0 Å². The molecule has 0 aliphatic rings. The summed E-state index contributed by atoms with van der Waals surface area (Å²) in [4.78, 5) is 0. The molecule has 0 aromatic heterocycles. The standard InChI is InChI=1S/C23H48O4S.Na/c1-2-3-4-5-6-7-8-9-10-11-12-13-14-15-17-20-23(24)21-18-16-19-22-28(25,26)27;/h23-24H,2-22H2,1H3,(H,25,26,27);/q;+1/p-1. The maximum absolute atomic E-state index is 10.5. The second-order valence-corrected chi connectivity index (χ2v) is 10.0. The maximum atomic E-state index is 10.5. The first-order valence-electron chi connectivity index (χ1n) is 12.1. The van der Waals surface area contributed by atoms with Gasteiger partial charge in [-0.25, -0.2) is 8.42 Å². The quantitative estimate of drug-likeness (QED) is 0.157. The molecule has 1 N–H and O–H groups in total. The third-order valence-electron chi connectivity index (χ3n) is 5.57. The molecule has 0 bridgehead atoms. The summed E-state index contributed by atoms with van der Waals surface area (Å²) in [6.45, 7) is 2.27. The van der Waals surface area contributed by atoms with Gasteiger partial charge in [0, 0.05) is 5.75 Å². The summed E-state index contributed by atoms with van der Waals surface area (Å²) in [5.41, 5.74) is 0. The van der Waals surface area contributed by atoms with Gasteiger partial charge in [-0.2, -0.15) is 0 Å². The van der Waals surface area contributed by atoms with Crippen LogP contribution in [-0.2, 0) is 10.1 Å². The second-order valence-electron chi connectivity index (χ2n) is 8.50. The summed E-state index contributed by atoms with van der Waals surface area (Å²) in [5.74, 6) is -0.276. The van der Waals surface area contributed by atoms with Crippen LogP contribution >= 0.6 is 0 Å². The molecule has 0 amide bonds. The Morgan fingerprint density at radius 3 is 1.28 bits per heavy atom. The summed E-state index contributed by atoms with van der Waals surface area (Å²) in [7, 11) is -4.08. The Hall–Kier alpha value is 0.870. The number of hydrogen-bond donors (Lipinski definition) is 1. The number of rotatable bonds is 22. The third kappa shape index (κ3) is 28.9. The smallest absolute Gasteiger partial charge is 0.748 e. The summed E-state index contributed by atoms with van der Waals surface area (Å²) < 4.78 is 31.5. The molecule has 0 saturated carbocycles. The molecule has 1 atom stereocenters. The molecule has 0 heterocycles. The molecule has 0 saturated heterocycles. The van der Waals surface area contributed by atoms with E-state index in [1.165, 1.54) is 89.9 Å². The van der Waals surface area contributed by atoms with Crippen LogP contribution in [-0.4, -0.2) is 29.9 Å². The van der Waals surface area contributed by atoms with Gasteiger partial charge in [-0.05, 0) is 19.3 Å². The Morgan fingerprint density at radius 1 is 0.621 bits per heavy atom. The predicted octanol–water partition coefficient (Wildman–Crippen LogP) is 3.72. The first-order valence-corrected chi connectivity index (χ1v) is 13.6. The molecule has 170 valence electrons. The molecule has 0 aliphatic carbocycles. The van der Waals surface area contributed by atoms with E-state index in [4.69, 9.17) is 0 Å². The first-order chi connectivity index (χ1) is 13.5. The summed E-state index contributed by atoms with van der Waals surface area (Å²) >= 11 is 0. The van der Waals surface area contributed by atoms with Gasteiger partial charge < -0.3 is 9.66 Å². The van der Waals surface area contributed by atoms with E-state index in [0.717, 1.165) is 25.7 Å². The van der Waals surface area contributed by atoms with Crippen LogP contribution in [0.2, 0.25) is 0 Å². The molecule has 0 radical (unpaired) electrons. The van der Waals surface area contributed by atoms with E-state index < -0.39 is 10.1 Å². The molecule has 1 unspecified atom stereocenters. The zero-order valence-corrected chi connectivity index (χ0v) is 22.3. The molecule has 29 heavy (non-hydrogen) atoms. The molecule has 4 nitrogen and oxygen atoms in total.